The Balaban J connectivity index is 1.65. The van der Waals surface area contributed by atoms with Gasteiger partial charge in [0.1, 0.15) is 17.6 Å². The van der Waals surface area contributed by atoms with E-state index >= 15 is 0 Å². The van der Waals surface area contributed by atoms with Gasteiger partial charge in [0, 0.05) is 30.9 Å². The van der Waals surface area contributed by atoms with Crippen LogP contribution < -0.4 is 14.2 Å². The average molecular weight is 515 g/mol. The molecule has 38 heavy (non-hydrogen) atoms. The molecule has 8 heteroatoms. The maximum Gasteiger partial charge on any atom is 0.295 e. The predicted molar refractivity (Wildman–Crippen MR) is 141 cm³/mol. The third kappa shape index (κ3) is 4.69. The van der Waals surface area contributed by atoms with Crippen LogP contribution in [0.15, 0.2) is 66.5 Å². The van der Waals surface area contributed by atoms with Crippen molar-refractivity contribution < 1.29 is 28.9 Å². The molecule has 0 bridgehead atoms. The fraction of sp³-hybridized carbons (Fsp3) is 0.300. The van der Waals surface area contributed by atoms with E-state index in [9.17, 15) is 14.7 Å². The summed E-state index contributed by atoms with van der Waals surface area (Å²) in [6, 6.07) is 13.4. The molecular weight excluding hydrogens is 484 g/mol. The molecule has 3 heterocycles. The van der Waals surface area contributed by atoms with Crippen LogP contribution in [0.25, 0.3) is 5.76 Å². The molecule has 1 amide bonds. The summed E-state index contributed by atoms with van der Waals surface area (Å²) >= 11 is 0. The Labute approximate surface area is 221 Å². The monoisotopic (exact) mass is 514 g/mol. The van der Waals surface area contributed by atoms with Crippen molar-refractivity contribution in [2.24, 2.45) is 0 Å². The Morgan fingerprint density at radius 2 is 1.76 bits per heavy atom. The van der Waals surface area contributed by atoms with E-state index in [2.05, 4.69) is 4.98 Å². The molecule has 0 unspecified atom stereocenters. The fourth-order valence-corrected chi connectivity index (χ4v) is 5.04. The minimum absolute atomic E-state index is 0.0302. The maximum absolute atomic E-state index is 13.5. The van der Waals surface area contributed by atoms with Gasteiger partial charge in [-0.1, -0.05) is 6.07 Å². The minimum Gasteiger partial charge on any atom is -0.507 e. The van der Waals surface area contributed by atoms with Crippen LogP contribution in [0.3, 0.4) is 0 Å². The van der Waals surface area contributed by atoms with E-state index in [-0.39, 0.29) is 24.0 Å². The zero-order chi connectivity index (χ0) is 26.8. The molecule has 2 aliphatic heterocycles. The number of ether oxygens (including phenoxy) is 3. The smallest absolute Gasteiger partial charge is 0.295 e. The normalized spacial score (nSPS) is 19.8. The molecule has 196 valence electrons. The summed E-state index contributed by atoms with van der Waals surface area (Å²) < 4.78 is 17.3. The van der Waals surface area contributed by atoms with Gasteiger partial charge in [-0.2, -0.15) is 0 Å². The SMILES string of the molecule is CCOc1ccc([C@@H]2/C(=C(\O)c3ccc4c(c3)C[C@@H](C)O4)C(=O)C(=O)N2Cc2ccncc2)cc1OCC. The lowest BCUT2D eigenvalue weighted by atomic mass is 9.94. The van der Waals surface area contributed by atoms with Gasteiger partial charge in [0.15, 0.2) is 11.5 Å². The standard InChI is InChI=1S/C30H30N2O6/c1-4-36-24-9-6-20(16-25(24)37-5-2)27-26(28(33)21-7-8-23-22(15-21)14-18(3)38-23)29(34)30(35)32(27)17-19-10-12-31-13-11-19/h6-13,15-16,18,27,33H,4-5,14,17H2,1-3H3/b28-26+/t18-,27-/m1/s1. The molecule has 0 aliphatic carbocycles. The van der Waals surface area contributed by atoms with E-state index < -0.39 is 17.7 Å². The molecule has 1 N–H and O–H groups in total. The number of Topliss-reactive ketones (excluding diaryl/α,β-unsaturated/α-hetero) is 1. The number of likely N-dealkylation sites (tertiary alicyclic amines) is 1. The third-order valence-electron chi connectivity index (χ3n) is 6.69. The summed E-state index contributed by atoms with van der Waals surface area (Å²) in [5.74, 6) is 0.190. The summed E-state index contributed by atoms with van der Waals surface area (Å²) in [4.78, 5) is 32.4. The third-order valence-corrected chi connectivity index (χ3v) is 6.69. The number of aliphatic hydroxyl groups excluding tert-OH is 1. The second kappa shape index (κ2) is 10.6. The Morgan fingerprint density at radius 3 is 2.50 bits per heavy atom. The molecule has 2 aliphatic rings. The van der Waals surface area contributed by atoms with Crippen molar-refractivity contribution >= 4 is 17.4 Å². The number of carbonyl (C=O) groups is 2. The highest BCUT2D eigenvalue weighted by molar-refractivity contribution is 6.46. The number of hydrogen-bond acceptors (Lipinski definition) is 7. The number of aliphatic hydroxyl groups is 1. The van der Waals surface area contributed by atoms with Gasteiger partial charge in [-0.05, 0) is 79.9 Å². The van der Waals surface area contributed by atoms with Crippen LogP contribution in [-0.4, -0.2) is 46.0 Å². The lowest BCUT2D eigenvalue weighted by molar-refractivity contribution is -0.140. The lowest BCUT2D eigenvalue weighted by Gasteiger charge is -2.26. The second-order valence-electron chi connectivity index (χ2n) is 9.31. The van der Waals surface area contributed by atoms with E-state index in [4.69, 9.17) is 14.2 Å². The minimum atomic E-state index is -0.832. The van der Waals surface area contributed by atoms with Crippen LogP contribution in [0, 0.1) is 0 Å². The van der Waals surface area contributed by atoms with Crippen LogP contribution in [0.5, 0.6) is 17.2 Å². The van der Waals surface area contributed by atoms with Crippen molar-refractivity contribution in [1.29, 1.82) is 0 Å². The molecule has 3 aromatic rings. The molecule has 1 saturated heterocycles. The molecule has 2 aromatic carbocycles. The number of nitrogens with zero attached hydrogens (tertiary/aromatic N) is 2. The van der Waals surface area contributed by atoms with Crippen LogP contribution in [0.4, 0.5) is 0 Å². The van der Waals surface area contributed by atoms with Gasteiger partial charge < -0.3 is 24.2 Å². The summed E-state index contributed by atoms with van der Waals surface area (Å²) in [5.41, 5.74) is 2.88. The first kappa shape index (κ1) is 25.3. The molecule has 0 spiro atoms. The van der Waals surface area contributed by atoms with E-state index in [1.807, 2.05) is 26.8 Å². The van der Waals surface area contributed by atoms with E-state index in [1.165, 1.54) is 4.90 Å². The second-order valence-corrected chi connectivity index (χ2v) is 9.31. The van der Waals surface area contributed by atoms with Crippen molar-refractivity contribution in [2.45, 2.75) is 45.9 Å². The van der Waals surface area contributed by atoms with Crippen LogP contribution in [-0.2, 0) is 22.6 Å². The number of rotatable bonds is 8. The number of amides is 1. The number of pyridine rings is 1. The van der Waals surface area contributed by atoms with Crippen molar-refractivity contribution in [2.75, 3.05) is 13.2 Å². The molecule has 0 saturated carbocycles. The van der Waals surface area contributed by atoms with Crippen molar-refractivity contribution in [1.82, 2.24) is 9.88 Å². The summed E-state index contributed by atoms with van der Waals surface area (Å²) in [7, 11) is 0. The van der Waals surface area contributed by atoms with Crippen molar-refractivity contribution in [3.05, 3.63) is 88.8 Å². The number of benzene rings is 2. The van der Waals surface area contributed by atoms with Crippen LogP contribution >= 0.6 is 0 Å². The highest BCUT2D eigenvalue weighted by Crippen LogP contribution is 2.43. The molecule has 1 aromatic heterocycles. The summed E-state index contributed by atoms with van der Waals surface area (Å²) in [6.45, 7) is 6.77. The Morgan fingerprint density at radius 1 is 1.03 bits per heavy atom. The van der Waals surface area contributed by atoms with Crippen LogP contribution in [0.1, 0.15) is 49.1 Å². The van der Waals surface area contributed by atoms with Crippen LogP contribution in [0.2, 0.25) is 0 Å². The number of hydrogen-bond donors (Lipinski definition) is 1. The van der Waals surface area contributed by atoms with Gasteiger partial charge in [0.05, 0.1) is 24.8 Å². The molecule has 8 nitrogen and oxygen atoms in total. The molecule has 1 fully saturated rings. The number of fused-ring (bicyclic) bond motifs is 1. The quantitative estimate of drug-likeness (QED) is 0.261. The van der Waals surface area contributed by atoms with Gasteiger partial charge in [0.2, 0.25) is 0 Å². The summed E-state index contributed by atoms with van der Waals surface area (Å²) in [5, 5.41) is 11.5. The molecule has 2 atom stereocenters. The van der Waals surface area contributed by atoms with Crippen molar-refractivity contribution in [3.63, 3.8) is 0 Å². The van der Waals surface area contributed by atoms with Gasteiger partial charge in [-0.25, -0.2) is 0 Å². The van der Waals surface area contributed by atoms with E-state index in [0.717, 1.165) is 16.9 Å². The van der Waals surface area contributed by atoms with E-state index in [0.29, 0.717) is 42.3 Å². The van der Waals surface area contributed by atoms with E-state index in [1.54, 1.807) is 54.9 Å². The predicted octanol–water partition coefficient (Wildman–Crippen LogP) is 4.82. The highest BCUT2D eigenvalue weighted by Gasteiger charge is 2.46. The molecule has 5 rings (SSSR count). The Hall–Kier alpha value is -4.33. The van der Waals surface area contributed by atoms with Crippen molar-refractivity contribution in [3.8, 4) is 17.2 Å². The first-order valence-corrected chi connectivity index (χ1v) is 12.8. The number of carbonyl (C=O) groups excluding carboxylic acids is 2. The molecular formula is C30H30N2O6. The topological polar surface area (TPSA) is 98.2 Å². The van der Waals surface area contributed by atoms with Gasteiger partial charge >= 0.3 is 0 Å². The number of ketones is 1. The first-order chi connectivity index (χ1) is 18.4. The zero-order valence-corrected chi connectivity index (χ0v) is 21.6. The maximum atomic E-state index is 13.5. The molecule has 0 radical (unpaired) electrons. The first-order valence-electron chi connectivity index (χ1n) is 12.8. The fourth-order valence-electron chi connectivity index (χ4n) is 5.04. The largest absolute Gasteiger partial charge is 0.507 e. The average Bonchev–Trinajstić information content (AvgIpc) is 3.41. The zero-order valence-electron chi connectivity index (χ0n) is 21.6. The highest BCUT2D eigenvalue weighted by atomic mass is 16.5. The Bertz CT molecular complexity index is 1400. The summed E-state index contributed by atoms with van der Waals surface area (Å²) in [6.07, 6.45) is 4.01. The number of aromatic nitrogens is 1. The van der Waals surface area contributed by atoms with Gasteiger partial charge in [-0.15, -0.1) is 0 Å². The Kier molecular flexibility index (Phi) is 7.05. The lowest BCUT2D eigenvalue weighted by Crippen LogP contribution is -2.29. The van der Waals surface area contributed by atoms with Gasteiger partial charge in [-0.3, -0.25) is 14.6 Å². The van der Waals surface area contributed by atoms with Gasteiger partial charge in [0.25, 0.3) is 11.7 Å².